The highest BCUT2D eigenvalue weighted by atomic mass is 35.5. The number of benzene rings is 3. The maximum atomic E-state index is 14.6. The Morgan fingerprint density at radius 1 is 1.00 bits per heavy atom. The second-order valence-electron chi connectivity index (χ2n) is 8.35. The van der Waals surface area contributed by atoms with Crippen LogP contribution in [0.5, 0.6) is 5.75 Å². The van der Waals surface area contributed by atoms with E-state index >= 15 is 0 Å². The molecule has 0 saturated carbocycles. The number of hydrogen-bond donors (Lipinski definition) is 1. The average molecular weight is 517 g/mol. The van der Waals surface area contributed by atoms with Crippen molar-refractivity contribution in [3.63, 3.8) is 0 Å². The van der Waals surface area contributed by atoms with Crippen LogP contribution in [0.1, 0.15) is 25.0 Å². The summed E-state index contributed by atoms with van der Waals surface area (Å²) < 4.78 is 20.2. The van der Waals surface area contributed by atoms with E-state index in [1.807, 2.05) is 44.2 Å². The molecule has 1 atom stereocenters. The lowest BCUT2D eigenvalue weighted by atomic mass is 10.0. The predicted octanol–water partition coefficient (Wildman–Crippen LogP) is 5.68. The van der Waals surface area contributed by atoms with Crippen molar-refractivity contribution in [2.45, 2.75) is 38.9 Å². The summed E-state index contributed by atoms with van der Waals surface area (Å²) in [4.78, 5) is 28.1. The normalized spacial score (nSPS) is 11.7. The summed E-state index contributed by atoms with van der Waals surface area (Å²) in [5.41, 5.74) is 1.16. The van der Waals surface area contributed by atoms with E-state index in [9.17, 15) is 14.0 Å². The molecule has 0 bridgehead atoms. The van der Waals surface area contributed by atoms with Gasteiger partial charge in [-0.1, -0.05) is 71.7 Å². The Balaban J connectivity index is 1.93. The van der Waals surface area contributed by atoms with Gasteiger partial charge in [0.2, 0.25) is 5.91 Å². The molecule has 0 heterocycles. The van der Waals surface area contributed by atoms with Crippen LogP contribution in [0.2, 0.25) is 10.0 Å². The molecule has 0 aliphatic heterocycles. The van der Waals surface area contributed by atoms with Crippen LogP contribution in [0, 0.1) is 5.82 Å². The first-order chi connectivity index (χ1) is 16.7. The summed E-state index contributed by atoms with van der Waals surface area (Å²) in [6, 6.07) is 19.2. The van der Waals surface area contributed by atoms with Gasteiger partial charge in [-0.2, -0.15) is 0 Å². The number of halogens is 3. The van der Waals surface area contributed by atoms with Crippen molar-refractivity contribution in [1.29, 1.82) is 0 Å². The summed E-state index contributed by atoms with van der Waals surface area (Å²) in [5, 5.41) is 3.57. The molecule has 35 heavy (non-hydrogen) atoms. The molecule has 0 unspecified atom stereocenters. The summed E-state index contributed by atoms with van der Waals surface area (Å²) in [6.07, 6.45) is 0.251. The van der Waals surface area contributed by atoms with Crippen molar-refractivity contribution in [1.82, 2.24) is 10.2 Å². The molecule has 0 radical (unpaired) electrons. The Morgan fingerprint density at radius 3 is 2.34 bits per heavy atom. The zero-order chi connectivity index (χ0) is 25.4. The molecule has 3 aromatic carbocycles. The van der Waals surface area contributed by atoms with Gasteiger partial charge in [0.05, 0.1) is 5.02 Å². The van der Waals surface area contributed by atoms with Gasteiger partial charge in [-0.05, 0) is 43.7 Å². The second kappa shape index (κ2) is 12.6. The van der Waals surface area contributed by atoms with Gasteiger partial charge in [0.15, 0.2) is 6.61 Å². The first kappa shape index (κ1) is 26.5. The molecule has 3 rings (SSSR count). The standard InChI is InChI=1S/C27H27Cl2FN2O3/c1-18(2)31-27(34)24(14-19-8-4-3-5-9-19)32(16-20-10-6-7-11-23(20)30)26(33)17-35-25-13-12-21(28)15-22(25)29/h3-13,15,18,24H,14,16-17H2,1-2H3,(H,31,34)/t24-/m1/s1. The Bertz CT molecular complexity index is 1160. The maximum Gasteiger partial charge on any atom is 0.261 e. The number of carbonyl (C=O) groups excluding carboxylic acids is 2. The summed E-state index contributed by atoms with van der Waals surface area (Å²) >= 11 is 12.1. The van der Waals surface area contributed by atoms with Gasteiger partial charge < -0.3 is 15.0 Å². The van der Waals surface area contributed by atoms with Gasteiger partial charge in [0.1, 0.15) is 17.6 Å². The van der Waals surface area contributed by atoms with E-state index in [4.69, 9.17) is 27.9 Å². The van der Waals surface area contributed by atoms with Crippen molar-refractivity contribution in [2.75, 3.05) is 6.61 Å². The van der Waals surface area contributed by atoms with Gasteiger partial charge >= 0.3 is 0 Å². The monoisotopic (exact) mass is 516 g/mol. The fourth-order valence-electron chi connectivity index (χ4n) is 3.56. The SMILES string of the molecule is CC(C)NC(=O)[C@@H](Cc1ccccc1)N(Cc1ccccc1F)C(=O)COc1ccc(Cl)cc1Cl. The highest BCUT2D eigenvalue weighted by Crippen LogP contribution is 2.27. The third-order valence-electron chi connectivity index (χ3n) is 5.25. The van der Waals surface area contributed by atoms with Crippen molar-refractivity contribution in [3.05, 3.63) is 99.8 Å². The molecule has 8 heteroatoms. The lowest BCUT2D eigenvalue weighted by Gasteiger charge is -2.32. The van der Waals surface area contributed by atoms with Crippen LogP contribution in [-0.2, 0) is 22.6 Å². The first-order valence-corrected chi connectivity index (χ1v) is 11.9. The quantitative estimate of drug-likeness (QED) is 0.377. The highest BCUT2D eigenvalue weighted by Gasteiger charge is 2.31. The van der Waals surface area contributed by atoms with Gasteiger partial charge in [-0.25, -0.2) is 4.39 Å². The van der Waals surface area contributed by atoms with E-state index in [-0.39, 0.29) is 35.7 Å². The highest BCUT2D eigenvalue weighted by molar-refractivity contribution is 6.35. The van der Waals surface area contributed by atoms with E-state index in [0.717, 1.165) is 5.56 Å². The number of ether oxygens (including phenoxy) is 1. The molecule has 0 aromatic heterocycles. The Kier molecular flexibility index (Phi) is 9.52. The van der Waals surface area contributed by atoms with Gasteiger partial charge in [-0.15, -0.1) is 0 Å². The fourth-order valence-corrected chi connectivity index (χ4v) is 4.02. The smallest absolute Gasteiger partial charge is 0.261 e. The molecular weight excluding hydrogens is 490 g/mol. The third-order valence-corrected chi connectivity index (χ3v) is 5.78. The minimum Gasteiger partial charge on any atom is -0.482 e. The topological polar surface area (TPSA) is 58.6 Å². The lowest BCUT2D eigenvalue weighted by molar-refractivity contribution is -0.143. The Labute approximate surface area is 214 Å². The van der Waals surface area contributed by atoms with Crippen LogP contribution in [-0.4, -0.2) is 35.4 Å². The fraction of sp³-hybridized carbons (Fsp3) is 0.259. The first-order valence-electron chi connectivity index (χ1n) is 11.2. The predicted molar refractivity (Wildman–Crippen MR) is 136 cm³/mol. The number of nitrogens with zero attached hydrogens (tertiary/aromatic N) is 1. The number of hydrogen-bond acceptors (Lipinski definition) is 3. The zero-order valence-electron chi connectivity index (χ0n) is 19.5. The summed E-state index contributed by atoms with van der Waals surface area (Å²) in [6.45, 7) is 3.18. The third kappa shape index (κ3) is 7.70. The molecule has 184 valence electrons. The number of nitrogens with one attached hydrogen (secondary N) is 1. The Hall–Kier alpha value is -3.09. The van der Waals surface area contributed by atoms with E-state index < -0.39 is 24.4 Å². The zero-order valence-corrected chi connectivity index (χ0v) is 21.0. The molecule has 5 nitrogen and oxygen atoms in total. The molecule has 0 fully saturated rings. The van der Waals surface area contributed by atoms with Crippen LogP contribution in [0.4, 0.5) is 4.39 Å². The molecule has 0 saturated heterocycles. The van der Waals surface area contributed by atoms with Crippen molar-refractivity contribution < 1.29 is 18.7 Å². The van der Waals surface area contributed by atoms with Crippen LogP contribution < -0.4 is 10.1 Å². The molecule has 0 spiro atoms. The number of amides is 2. The molecule has 1 N–H and O–H groups in total. The summed E-state index contributed by atoms with van der Waals surface area (Å²) in [5.74, 6) is -1.01. The Morgan fingerprint density at radius 2 is 1.69 bits per heavy atom. The molecule has 0 aliphatic rings. The second-order valence-corrected chi connectivity index (χ2v) is 9.19. The molecule has 2 amide bonds. The van der Waals surface area contributed by atoms with Crippen molar-refractivity contribution >= 4 is 35.0 Å². The molecule has 3 aromatic rings. The van der Waals surface area contributed by atoms with Crippen LogP contribution in [0.3, 0.4) is 0 Å². The minimum atomic E-state index is -0.892. The van der Waals surface area contributed by atoms with E-state index in [0.29, 0.717) is 10.6 Å². The molecule has 0 aliphatic carbocycles. The van der Waals surface area contributed by atoms with Gasteiger partial charge in [0, 0.05) is 29.6 Å². The molecular formula is C27H27Cl2FN2O3. The van der Waals surface area contributed by atoms with Crippen LogP contribution in [0.15, 0.2) is 72.8 Å². The lowest BCUT2D eigenvalue weighted by Crippen LogP contribution is -2.53. The number of carbonyl (C=O) groups is 2. The van der Waals surface area contributed by atoms with Gasteiger partial charge in [-0.3, -0.25) is 9.59 Å². The van der Waals surface area contributed by atoms with Crippen LogP contribution in [0.25, 0.3) is 0 Å². The van der Waals surface area contributed by atoms with Crippen molar-refractivity contribution in [2.24, 2.45) is 0 Å². The largest absolute Gasteiger partial charge is 0.482 e. The van der Waals surface area contributed by atoms with E-state index in [2.05, 4.69) is 5.32 Å². The van der Waals surface area contributed by atoms with Crippen LogP contribution >= 0.6 is 23.2 Å². The van der Waals surface area contributed by atoms with Crippen molar-refractivity contribution in [3.8, 4) is 5.75 Å². The average Bonchev–Trinajstić information content (AvgIpc) is 2.82. The van der Waals surface area contributed by atoms with E-state index in [1.165, 1.54) is 17.0 Å². The summed E-state index contributed by atoms with van der Waals surface area (Å²) in [7, 11) is 0. The van der Waals surface area contributed by atoms with E-state index in [1.54, 1.807) is 30.3 Å². The minimum absolute atomic E-state index is 0.105. The maximum absolute atomic E-state index is 14.6. The number of rotatable bonds is 10. The van der Waals surface area contributed by atoms with Gasteiger partial charge in [0.25, 0.3) is 5.91 Å².